The zero-order valence-electron chi connectivity index (χ0n) is 14.7. The molecule has 0 saturated carbocycles. The van der Waals surface area contributed by atoms with Crippen LogP contribution < -0.4 is 5.32 Å². The molecule has 10 heteroatoms. The van der Waals surface area contributed by atoms with Crippen LogP contribution in [0.15, 0.2) is 12.1 Å². The van der Waals surface area contributed by atoms with Gasteiger partial charge in [0.05, 0.1) is 5.69 Å². The van der Waals surface area contributed by atoms with Gasteiger partial charge in [0.2, 0.25) is 5.91 Å². The molecule has 2 aromatic heterocycles. The number of hydrogen-bond donors (Lipinski definition) is 1. The smallest absolute Gasteiger partial charge is 0.282 e. The number of halogens is 4. The monoisotopic (exact) mass is 375 g/mol. The van der Waals surface area contributed by atoms with Gasteiger partial charge in [0.25, 0.3) is 12.9 Å². The summed E-state index contributed by atoms with van der Waals surface area (Å²) in [6, 6.07) is 1.44. The standard InChI is InChI=1S/C16H21F4N5O/c1-9-7-10(2)24(22-9)6-4-5-21-16(26)11(3)25-13(15(19)20)8-12(23-25)14(17)18/h7-8,11,14-15H,4-6H2,1-3H3,(H,21,26). The molecule has 26 heavy (non-hydrogen) atoms. The first-order chi connectivity index (χ1) is 12.2. The Hall–Kier alpha value is -2.39. The maximum Gasteiger partial charge on any atom is 0.282 e. The average molecular weight is 375 g/mol. The fourth-order valence-corrected chi connectivity index (χ4v) is 2.61. The van der Waals surface area contributed by atoms with Crippen molar-refractivity contribution in [3.63, 3.8) is 0 Å². The molecule has 144 valence electrons. The quantitative estimate of drug-likeness (QED) is 0.569. The Morgan fingerprint density at radius 1 is 1.15 bits per heavy atom. The Morgan fingerprint density at radius 3 is 2.38 bits per heavy atom. The molecule has 0 aliphatic carbocycles. The number of aryl methyl sites for hydroxylation is 3. The van der Waals surface area contributed by atoms with Crippen molar-refractivity contribution in [3.8, 4) is 0 Å². The summed E-state index contributed by atoms with van der Waals surface area (Å²) in [4.78, 5) is 12.2. The highest BCUT2D eigenvalue weighted by Gasteiger charge is 2.26. The van der Waals surface area contributed by atoms with E-state index < -0.39 is 36.2 Å². The van der Waals surface area contributed by atoms with Crippen molar-refractivity contribution in [2.24, 2.45) is 0 Å². The van der Waals surface area contributed by atoms with Gasteiger partial charge in [-0.05, 0) is 39.3 Å². The third kappa shape index (κ3) is 4.61. The summed E-state index contributed by atoms with van der Waals surface area (Å²) in [5.41, 5.74) is 0.420. The van der Waals surface area contributed by atoms with Crippen molar-refractivity contribution in [1.29, 1.82) is 0 Å². The van der Waals surface area contributed by atoms with Crippen LogP contribution in [0.5, 0.6) is 0 Å². The first kappa shape index (κ1) is 19.9. The van der Waals surface area contributed by atoms with Gasteiger partial charge < -0.3 is 5.32 Å². The van der Waals surface area contributed by atoms with E-state index in [0.717, 1.165) is 11.4 Å². The molecule has 0 bridgehead atoms. The van der Waals surface area contributed by atoms with E-state index in [4.69, 9.17) is 0 Å². The van der Waals surface area contributed by atoms with E-state index in [-0.39, 0.29) is 0 Å². The molecule has 1 unspecified atom stereocenters. The van der Waals surface area contributed by atoms with Crippen molar-refractivity contribution in [1.82, 2.24) is 24.9 Å². The molecule has 6 nitrogen and oxygen atoms in total. The van der Waals surface area contributed by atoms with E-state index in [2.05, 4.69) is 15.5 Å². The van der Waals surface area contributed by atoms with E-state index in [1.54, 1.807) is 0 Å². The fourth-order valence-electron chi connectivity index (χ4n) is 2.61. The number of amides is 1. The minimum atomic E-state index is -3.00. The zero-order valence-corrected chi connectivity index (χ0v) is 14.7. The molecule has 0 radical (unpaired) electrons. The van der Waals surface area contributed by atoms with E-state index in [0.29, 0.717) is 30.3 Å². The van der Waals surface area contributed by atoms with Crippen LogP contribution in [-0.2, 0) is 11.3 Å². The number of aromatic nitrogens is 4. The van der Waals surface area contributed by atoms with Gasteiger partial charge >= 0.3 is 0 Å². The van der Waals surface area contributed by atoms with E-state index >= 15 is 0 Å². The van der Waals surface area contributed by atoms with Gasteiger partial charge in [0.1, 0.15) is 17.4 Å². The van der Waals surface area contributed by atoms with Crippen LogP contribution in [0.4, 0.5) is 17.6 Å². The minimum absolute atomic E-state index is 0.300. The molecule has 2 heterocycles. The lowest BCUT2D eigenvalue weighted by molar-refractivity contribution is -0.124. The maximum absolute atomic E-state index is 13.0. The summed E-state index contributed by atoms with van der Waals surface area (Å²) in [7, 11) is 0. The Labute approximate surface area is 148 Å². The minimum Gasteiger partial charge on any atom is -0.354 e. The lowest BCUT2D eigenvalue weighted by Gasteiger charge is -2.15. The molecule has 0 spiro atoms. The van der Waals surface area contributed by atoms with E-state index in [1.165, 1.54) is 6.92 Å². The zero-order chi connectivity index (χ0) is 19.4. The van der Waals surface area contributed by atoms with Crippen molar-refractivity contribution < 1.29 is 22.4 Å². The predicted molar refractivity (Wildman–Crippen MR) is 86.2 cm³/mol. The first-order valence-electron chi connectivity index (χ1n) is 8.15. The van der Waals surface area contributed by atoms with Crippen LogP contribution in [-0.4, -0.2) is 32.0 Å². The SMILES string of the molecule is Cc1cc(C)n(CCCNC(=O)C(C)n2nc(C(F)F)cc2C(F)F)n1. The number of carbonyl (C=O) groups is 1. The fraction of sp³-hybridized carbons (Fsp3) is 0.562. The lowest BCUT2D eigenvalue weighted by Crippen LogP contribution is -2.33. The second-order valence-electron chi connectivity index (χ2n) is 6.01. The highest BCUT2D eigenvalue weighted by molar-refractivity contribution is 5.79. The number of alkyl halides is 4. The van der Waals surface area contributed by atoms with E-state index in [1.807, 2.05) is 24.6 Å². The van der Waals surface area contributed by atoms with Crippen LogP contribution in [0.1, 0.15) is 55.0 Å². The lowest BCUT2D eigenvalue weighted by atomic mass is 10.3. The second kappa shape index (κ2) is 8.33. The molecule has 1 amide bonds. The normalized spacial score (nSPS) is 12.8. The van der Waals surface area contributed by atoms with Crippen molar-refractivity contribution >= 4 is 5.91 Å². The van der Waals surface area contributed by atoms with Gasteiger partial charge in [-0.25, -0.2) is 17.6 Å². The van der Waals surface area contributed by atoms with Gasteiger partial charge in [0.15, 0.2) is 0 Å². The van der Waals surface area contributed by atoms with Crippen LogP contribution in [0.2, 0.25) is 0 Å². The van der Waals surface area contributed by atoms with Crippen LogP contribution in [0.25, 0.3) is 0 Å². The molecule has 0 saturated heterocycles. The third-order valence-corrected chi connectivity index (χ3v) is 3.93. The molecular formula is C16H21F4N5O. The summed E-state index contributed by atoms with van der Waals surface area (Å²) in [5.74, 6) is -0.566. The molecule has 1 N–H and O–H groups in total. The van der Waals surface area contributed by atoms with Crippen molar-refractivity contribution in [2.45, 2.75) is 52.6 Å². The average Bonchev–Trinajstić information content (AvgIpc) is 3.14. The molecule has 0 fully saturated rings. The number of nitrogens with one attached hydrogen (secondary N) is 1. The van der Waals surface area contributed by atoms with Crippen molar-refractivity contribution in [3.05, 3.63) is 34.9 Å². The third-order valence-electron chi connectivity index (χ3n) is 3.93. The summed E-state index contributed by atoms with van der Waals surface area (Å²) >= 11 is 0. The molecule has 0 aliphatic rings. The Morgan fingerprint density at radius 2 is 1.85 bits per heavy atom. The first-order valence-corrected chi connectivity index (χ1v) is 8.15. The van der Waals surface area contributed by atoms with Gasteiger partial charge in [0, 0.05) is 18.8 Å². The number of carbonyl (C=O) groups excluding carboxylic acids is 1. The molecular weight excluding hydrogens is 354 g/mol. The van der Waals surface area contributed by atoms with Gasteiger partial charge in [-0.2, -0.15) is 10.2 Å². The Balaban J connectivity index is 1.94. The summed E-state index contributed by atoms with van der Waals surface area (Å²) in [6.45, 7) is 6.03. The number of nitrogens with zero attached hydrogens (tertiary/aromatic N) is 4. The highest BCUT2D eigenvalue weighted by atomic mass is 19.3. The summed E-state index contributed by atoms with van der Waals surface area (Å²) in [6.07, 6.45) is -5.40. The van der Waals surface area contributed by atoms with Gasteiger partial charge in [-0.3, -0.25) is 14.2 Å². The Kier molecular flexibility index (Phi) is 6.38. The maximum atomic E-state index is 13.0. The van der Waals surface area contributed by atoms with Crippen LogP contribution in [0, 0.1) is 13.8 Å². The second-order valence-corrected chi connectivity index (χ2v) is 6.01. The molecule has 0 aromatic carbocycles. The topological polar surface area (TPSA) is 64.7 Å². The number of rotatable bonds is 8. The molecule has 1 atom stereocenters. The van der Waals surface area contributed by atoms with E-state index in [9.17, 15) is 22.4 Å². The van der Waals surface area contributed by atoms with Crippen molar-refractivity contribution in [2.75, 3.05) is 6.54 Å². The molecule has 2 rings (SSSR count). The summed E-state index contributed by atoms with van der Waals surface area (Å²) < 4.78 is 53.9. The van der Waals surface area contributed by atoms with Crippen LogP contribution >= 0.6 is 0 Å². The van der Waals surface area contributed by atoms with Gasteiger partial charge in [-0.1, -0.05) is 0 Å². The largest absolute Gasteiger partial charge is 0.354 e. The van der Waals surface area contributed by atoms with Crippen LogP contribution in [0.3, 0.4) is 0 Å². The Bertz CT molecular complexity index is 756. The predicted octanol–water partition coefficient (Wildman–Crippen LogP) is 3.34. The highest BCUT2D eigenvalue weighted by Crippen LogP contribution is 2.27. The summed E-state index contributed by atoms with van der Waals surface area (Å²) in [5, 5.41) is 10.4. The van der Waals surface area contributed by atoms with Gasteiger partial charge in [-0.15, -0.1) is 0 Å². The number of hydrogen-bond acceptors (Lipinski definition) is 3. The molecule has 0 aliphatic heterocycles. The molecule has 2 aromatic rings.